The Morgan fingerprint density at radius 1 is 1.27 bits per heavy atom. The molecule has 5 heteroatoms. The fourth-order valence-electron chi connectivity index (χ4n) is 4.05. The predicted molar refractivity (Wildman–Crippen MR) is 85.6 cm³/mol. The van der Waals surface area contributed by atoms with Crippen LogP contribution in [0, 0.1) is 0 Å². The molecule has 4 rings (SSSR count). The first-order chi connectivity index (χ1) is 10.7. The van der Waals surface area contributed by atoms with Crippen LogP contribution in [-0.2, 0) is 6.54 Å². The standard InChI is InChI=1S/C17H21N3O2/c1-19-8-3-4-12-15(19)7-9-20-16(12)18-14-6-5-11(22-2)10-13(14)17(20)21/h5-6,10,12,15H,3-4,7-9H2,1-2H3/t12-,15+/m0/s1. The van der Waals surface area contributed by atoms with E-state index in [1.165, 1.54) is 6.42 Å². The van der Waals surface area contributed by atoms with E-state index in [-0.39, 0.29) is 5.56 Å². The molecule has 2 aliphatic rings. The van der Waals surface area contributed by atoms with Crippen molar-refractivity contribution in [1.82, 2.24) is 14.5 Å². The third-order valence-electron chi connectivity index (χ3n) is 5.23. The second-order valence-electron chi connectivity index (χ2n) is 6.40. The summed E-state index contributed by atoms with van der Waals surface area (Å²) in [5, 5.41) is 0.658. The minimum Gasteiger partial charge on any atom is -0.497 e. The maximum atomic E-state index is 12.9. The lowest BCUT2D eigenvalue weighted by molar-refractivity contribution is 0.123. The summed E-state index contributed by atoms with van der Waals surface area (Å²) in [5.41, 5.74) is 0.858. The van der Waals surface area contributed by atoms with Gasteiger partial charge in [-0.2, -0.15) is 0 Å². The molecule has 0 radical (unpaired) electrons. The number of likely N-dealkylation sites (N-methyl/N-ethyl adjacent to an activating group) is 1. The largest absolute Gasteiger partial charge is 0.497 e. The van der Waals surface area contributed by atoms with Crippen LogP contribution >= 0.6 is 0 Å². The molecular formula is C17H21N3O2. The topological polar surface area (TPSA) is 47.4 Å². The lowest BCUT2D eigenvalue weighted by Gasteiger charge is -2.42. The molecule has 1 fully saturated rings. The molecule has 0 bridgehead atoms. The molecular weight excluding hydrogens is 278 g/mol. The van der Waals surface area contributed by atoms with Gasteiger partial charge >= 0.3 is 0 Å². The van der Waals surface area contributed by atoms with Crippen molar-refractivity contribution in [2.45, 2.75) is 37.8 Å². The maximum Gasteiger partial charge on any atom is 0.261 e. The molecule has 0 spiro atoms. The Morgan fingerprint density at radius 3 is 2.95 bits per heavy atom. The first-order valence-corrected chi connectivity index (χ1v) is 7.98. The lowest BCUT2D eigenvalue weighted by atomic mass is 9.84. The van der Waals surface area contributed by atoms with Gasteiger partial charge in [0, 0.05) is 18.5 Å². The summed E-state index contributed by atoms with van der Waals surface area (Å²) in [4.78, 5) is 20.1. The molecule has 116 valence electrons. The van der Waals surface area contributed by atoms with E-state index >= 15 is 0 Å². The average Bonchev–Trinajstić information content (AvgIpc) is 2.55. The summed E-state index contributed by atoms with van der Waals surface area (Å²) in [6, 6.07) is 6.10. The molecule has 0 unspecified atom stereocenters. The van der Waals surface area contributed by atoms with Crippen molar-refractivity contribution in [3.63, 3.8) is 0 Å². The first-order valence-electron chi connectivity index (χ1n) is 7.98. The van der Waals surface area contributed by atoms with Crippen LogP contribution in [0.1, 0.15) is 31.0 Å². The molecule has 0 N–H and O–H groups in total. The quantitative estimate of drug-likeness (QED) is 0.808. The van der Waals surface area contributed by atoms with Crippen LogP contribution in [0.25, 0.3) is 10.9 Å². The van der Waals surface area contributed by atoms with Gasteiger partial charge in [-0.05, 0) is 51.1 Å². The summed E-state index contributed by atoms with van der Waals surface area (Å²) in [6.45, 7) is 1.91. The van der Waals surface area contributed by atoms with Crippen molar-refractivity contribution < 1.29 is 4.74 Å². The number of likely N-dealkylation sites (tertiary alicyclic amines) is 1. The van der Waals surface area contributed by atoms with E-state index in [1.807, 2.05) is 16.7 Å². The number of nitrogens with zero attached hydrogens (tertiary/aromatic N) is 3. The lowest BCUT2D eigenvalue weighted by Crippen LogP contribution is -2.47. The van der Waals surface area contributed by atoms with E-state index in [2.05, 4.69) is 11.9 Å². The van der Waals surface area contributed by atoms with E-state index < -0.39 is 0 Å². The highest BCUT2D eigenvalue weighted by molar-refractivity contribution is 5.79. The summed E-state index contributed by atoms with van der Waals surface area (Å²) in [5.74, 6) is 2.07. The van der Waals surface area contributed by atoms with Crippen LogP contribution in [0.15, 0.2) is 23.0 Å². The number of aromatic nitrogens is 2. The van der Waals surface area contributed by atoms with Gasteiger partial charge in [0.25, 0.3) is 5.56 Å². The van der Waals surface area contributed by atoms with Crippen LogP contribution in [0.5, 0.6) is 5.75 Å². The number of methoxy groups -OCH3 is 1. The summed E-state index contributed by atoms with van der Waals surface area (Å²) < 4.78 is 7.13. The summed E-state index contributed by atoms with van der Waals surface area (Å²) in [7, 11) is 3.81. The van der Waals surface area contributed by atoms with Crippen molar-refractivity contribution in [1.29, 1.82) is 0 Å². The smallest absolute Gasteiger partial charge is 0.261 e. The van der Waals surface area contributed by atoms with Gasteiger partial charge in [-0.15, -0.1) is 0 Å². The van der Waals surface area contributed by atoms with E-state index in [0.717, 1.165) is 37.3 Å². The normalized spacial score (nSPS) is 24.8. The minimum absolute atomic E-state index is 0.0746. The number of benzene rings is 1. The van der Waals surface area contributed by atoms with Crippen LogP contribution < -0.4 is 10.3 Å². The summed E-state index contributed by atoms with van der Waals surface area (Å²) in [6.07, 6.45) is 3.34. The van der Waals surface area contributed by atoms with E-state index in [0.29, 0.717) is 23.1 Å². The molecule has 1 aromatic carbocycles. The fraction of sp³-hybridized carbons (Fsp3) is 0.529. The number of rotatable bonds is 1. The zero-order chi connectivity index (χ0) is 15.3. The van der Waals surface area contributed by atoms with E-state index in [1.54, 1.807) is 13.2 Å². The van der Waals surface area contributed by atoms with Crippen molar-refractivity contribution >= 4 is 10.9 Å². The molecule has 5 nitrogen and oxygen atoms in total. The number of piperidine rings is 1. The third kappa shape index (κ3) is 1.96. The molecule has 22 heavy (non-hydrogen) atoms. The number of hydrogen-bond donors (Lipinski definition) is 0. The van der Waals surface area contributed by atoms with Gasteiger partial charge in [-0.3, -0.25) is 9.36 Å². The highest BCUT2D eigenvalue weighted by Gasteiger charge is 2.36. The Morgan fingerprint density at radius 2 is 2.14 bits per heavy atom. The Labute approximate surface area is 129 Å². The van der Waals surface area contributed by atoms with E-state index in [4.69, 9.17) is 9.72 Å². The molecule has 0 aliphatic carbocycles. The molecule has 0 saturated carbocycles. The van der Waals surface area contributed by atoms with Crippen molar-refractivity contribution in [2.24, 2.45) is 0 Å². The number of fused-ring (bicyclic) bond motifs is 4. The van der Waals surface area contributed by atoms with Gasteiger partial charge in [0.05, 0.1) is 18.0 Å². The monoisotopic (exact) mass is 299 g/mol. The minimum atomic E-state index is 0.0746. The zero-order valence-electron chi connectivity index (χ0n) is 13.1. The Hall–Kier alpha value is -1.88. The fourth-order valence-corrected chi connectivity index (χ4v) is 4.05. The molecule has 2 aliphatic heterocycles. The SMILES string of the molecule is COc1ccc2nc3n(c(=O)c2c1)CC[C@@H]1[C@@H]3CCCN1C. The van der Waals surface area contributed by atoms with Crippen molar-refractivity contribution in [2.75, 3.05) is 20.7 Å². The van der Waals surface area contributed by atoms with Crippen molar-refractivity contribution in [3.8, 4) is 5.75 Å². The maximum absolute atomic E-state index is 12.9. The highest BCUT2D eigenvalue weighted by atomic mass is 16.5. The van der Waals surface area contributed by atoms with Gasteiger partial charge in [0.15, 0.2) is 0 Å². The first kappa shape index (κ1) is 13.8. The molecule has 1 aromatic heterocycles. The van der Waals surface area contributed by atoms with Gasteiger partial charge in [0.2, 0.25) is 0 Å². The van der Waals surface area contributed by atoms with Gasteiger partial charge < -0.3 is 9.64 Å². The average molecular weight is 299 g/mol. The second-order valence-corrected chi connectivity index (χ2v) is 6.40. The second kappa shape index (κ2) is 5.09. The zero-order valence-corrected chi connectivity index (χ0v) is 13.1. The van der Waals surface area contributed by atoms with Crippen molar-refractivity contribution in [3.05, 3.63) is 34.4 Å². The van der Waals surface area contributed by atoms with Gasteiger partial charge in [0.1, 0.15) is 11.6 Å². The molecule has 1 saturated heterocycles. The Bertz CT molecular complexity index is 783. The molecule has 3 heterocycles. The van der Waals surface area contributed by atoms with Gasteiger partial charge in [-0.25, -0.2) is 4.98 Å². The van der Waals surface area contributed by atoms with Crippen LogP contribution in [0.3, 0.4) is 0 Å². The highest BCUT2D eigenvalue weighted by Crippen LogP contribution is 2.36. The predicted octanol–water partition coefficient (Wildman–Crippen LogP) is 1.99. The Kier molecular flexibility index (Phi) is 3.18. The van der Waals surface area contributed by atoms with Gasteiger partial charge in [-0.1, -0.05) is 0 Å². The third-order valence-corrected chi connectivity index (χ3v) is 5.23. The van der Waals surface area contributed by atoms with Crippen LogP contribution in [0.2, 0.25) is 0 Å². The van der Waals surface area contributed by atoms with Crippen LogP contribution in [0.4, 0.5) is 0 Å². The van der Waals surface area contributed by atoms with E-state index in [9.17, 15) is 4.79 Å². The number of ether oxygens (including phenoxy) is 1. The number of hydrogen-bond acceptors (Lipinski definition) is 4. The van der Waals surface area contributed by atoms with Crippen LogP contribution in [-0.4, -0.2) is 41.2 Å². The summed E-state index contributed by atoms with van der Waals surface area (Å²) >= 11 is 0. The molecule has 0 amide bonds. The molecule has 2 atom stereocenters. The Balaban J connectivity index is 1.91. The molecule has 2 aromatic rings.